The molecule has 0 aliphatic carbocycles. The van der Waals surface area contributed by atoms with E-state index < -0.39 is 12.4 Å². The molecule has 47 heavy (non-hydrogen) atoms. The van der Waals surface area contributed by atoms with Crippen LogP contribution < -0.4 is 20.8 Å². The standard InChI is InChI=1S/C38H55ClN4O4/c1-3-4-5-6-7-8-9-10-11-12-13-14-15-16-17-22-36(44)46-30(2)47-38(45)43-35-29-31(39)23-24-34(35)41-33-21-19-18-20-32(33)37(43)42-27-25-40-26-28-42/h18-21,23-24,29-30,40H,3-17,22,25-28H2,1-2H3. The van der Waals surface area contributed by atoms with Gasteiger partial charge in [-0.15, -0.1) is 0 Å². The first-order valence-corrected chi connectivity index (χ1v) is 18.5. The zero-order chi connectivity index (χ0) is 33.3. The number of hydrogen-bond acceptors (Lipinski definition) is 7. The predicted octanol–water partition coefficient (Wildman–Crippen LogP) is 8.37. The van der Waals surface area contributed by atoms with Crippen molar-refractivity contribution >= 4 is 40.9 Å². The Hall–Kier alpha value is -3.10. The third-order valence-corrected chi connectivity index (χ3v) is 9.16. The summed E-state index contributed by atoms with van der Waals surface area (Å²) in [6.07, 6.45) is 17.7. The van der Waals surface area contributed by atoms with Gasteiger partial charge in [0.1, 0.15) is 5.82 Å². The Morgan fingerprint density at radius 2 is 1.43 bits per heavy atom. The number of rotatable bonds is 19. The third kappa shape index (κ3) is 11.8. The van der Waals surface area contributed by atoms with Crippen LogP contribution in [0.5, 0.6) is 0 Å². The van der Waals surface area contributed by atoms with E-state index in [2.05, 4.69) is 17.1 Å². The van der Waals surface area contributed by atoms with Gasteiger partial charge in [0.2, 0.25) is 6.29 Å². The number of ether oxygens (including phenoxy) is 2. The number of piperazine rings is 1. The predicted molar refractivity (Wildman–Crippen MR) is 190 cm³/mol. The van der Waals surface area contributed by atoms with Crippen molar-refractivity contribution in [1.29, 1.82) is 0 Å². The lowest BCUT2D eigenvalue weighted by atomic mass is 10.0. The first kappa shape index (κ1) is 36.7. The number of unbranched alkanes of at least 4 members (excludes halogenated alkanes) is 14. The van der Waals surface area contributed by atoms with Gasteiger partial charge in [0, 0.05) is 49.8 Å². The highest BCUT2D eigenvalue weighted by Gasteiger charge is 2.32. The van der Waals surface area contributed by atoms with Gasteiger partial charge in [0.05, 0.1) is 16.7 Å². The Bertz CT molecular complexity index is 1390. The molecule has 0 radical (unpaired) electrons. The van der Waals surface area contributed by atoms with Crippen molar-refractivity contribution in [2.24, 2.45) is 4.99 Å². The molecule has 4 rings (SSSR count). The number of carbonyl (C=O) groups excluding carboxylic acids is 2. The number of carbonyl (C=O) groups is 2. The molecule has 2 aliphatic rings. The highest BCUT2D eigenvalue weighted by molar-refractivity contribution is 6.31. The number of hydrogen-bond donors (Lipinski definition) is 1. The first-order chi connectivity index (χ1) is 23.0. The SMILES string of the molecule is CCCCCCCCCCCCCCCCCC(=O)OC(C)OC(=O)N1C(N2CCNCC2)=c2ccccc2=Nc2ccc(Cl)cc21. The summed E-state index contributed by atoms with van der Waals surface area (Å²) in [6, 6.07) is 13.1. The summed E-state index contributed by atoms with van der Waals surface area (Å²) >= 11 is 6.43. The van der Waals surface area contributed by atoms with Gasteiger partial charge >= 0.3 is 12.1 Å². The molecule has 258 valence electrons. The minimum absolute atomic E-state index is 0.312. The van der Waals surface area contributed by atoms with Crippen molar-refractivity contribution in [3.05, 3.63) is 58.1 Å². The van der Waals surface area contributed by atoms with Crippen LogP contribution >= 0.6 is 11.6 Å². The lowest BCUT2D eigenvalue weighted by Gasteiger charge is -2.37. The molecule has 1 atom stereocenters. The number of anilines is 1. The van der Waals surface area contributed by atoms with E-state index >= 15 is 0 Å². The highest BCUT2D eigenvalue weighted by Crippen LogP contribution is 2.36. The van der Waals surface area contributed by atoms with Gasteiger partial charge in [-0.1, -0.05) is 121 Å². The molecule has 0 aromatic heterocycles. The number of para-hydroxylation sites is 1. The molecular formula is C38H55ClN4O4. The summed E-state index contributed by atoms with van der Waals surface area (Å²) < 4.78 is 11.3. The molecule has 8 nitrogen and oxygen atoms in total. The Morgan fingerprint density at radius 1 is 0.830 bits per heavy atom. The van der Waals surface area contributed by atoms with Gasteiger partial charge < -0.3 is 19.7 Å². The largest absolute Gasteiger partial charge is 0.425 e. The fourth-order valence-corrected chi connectivity index (χ4v) is 6.54. The second-order valence-electron chi connectivity index (χ2n) is 12.8. The van der Waals surface area contributed by atoms with E-state index in [4.69, 9.17) is 26.1 Å². The topological polar surface area (TPSA) is 83.5 Å². The lowest BCUT2D eigenvalue weighted by Crippen LogP contribution is -2.51. The average Bonchev–Trinajstić information content (AvgIpc) is 3.21. The number of amides is 1. The van der Waals surface area contributed by atoms with Gasteiger partial charge in [-0.25, -0.2) is 14.7 Å². The molecule has 1 saturated heterocycles. The van der Waals surface area contributed by atoms with Crippen LogP contribution in [0.4, 0.5) is 16.2 Å². The van der Waals surface area contributed by atoms with Crippen molar-refractivity contribution in [3.63, 3.8) is 0 Å². The number of fused-ring (bicyclic) bond motifs is 2. The molecule has 1 fully saturated rings. The van der Waals surface area contributed by atoms with Gasteiger partial charge in [-0.3, -0.25) is 4.79 Å². The summed E-state index contributed by atoms with van der Waals surface area (Å²) in [5.41, 5.74) is 1.12. The molecule has 1 unspecified atom stereocenters. The summed E-state index contributed by atoms with van der Waals surface area (Å²) in [5.74, 6) is 0.319. The van der Waals surface area contributed by atoms with E-state index in [1.807, 2.05) is 24.3 Å². The van der Waals surface area contributed by atoms with E-state index in [-0.39, 0.29) is 5.97 Å². The van der Waals surface area contributed by atoms with Crippen LogP contribution in [-0.2, 0) is 14.3 Å². The Labute approximate surface area is 286 Å². The number of esters is 1. The van der Waals surface area contributed by atoms with Crippen molar-refractivity contribution in [2.45, 2.75) is 123 Å². The maximum absolute atomic E-state index is 14.0. The number of nitrogens with zero attached hydrogens (tertiary/aromatic N) is 3. The van der Waals surface area contributed by atoms with Gasteiger partial charge in [-0.2, -0.15) is 0 Å². The van der Waals surface area contributed by atoms with E-state index in [9.17, 15) is 9.59 Å². The lowest BCUT2D eigenvalue weighted by molar-refractivity contribution is -0.164. The molecule has 1 N–H and O–H groups in total. The van der Waals surface area contributed by atoms with E-state index in [0.29, 0.717) is 41.7 Å². The maximum Gasteiger partial charge on any atom is 0.423 e. The number of benzene rings is 2. The fourth-order valence-electron chi connectivity index (χ4n) is 6.37. The summed E-state index contributed by atoms with van der Waals surface area (Å²) in [4.78, 5) is 35.2. The fraction of sp³-hybridized carbons (Fsp3) is 0.605. The van der Waals surface area contributed by atoms with Crippen LogP contribution in [-0.4, -0.2) is 49.4 Å². The van der Waals surface area contributed by atoms with Crippen LogP contribution in [0.2, 0.25) is 5.02 Å². The second-order valence-corrected chi connectivity index (χ2v) is 13.2. The highest BCUT2D eigenvalue weighted by atomic mass is 35.5. The van der Waals surface area contributed by atoms with Crippen LogP contribution in [0.1, 0.15) is 117 Å². The number of nitrogens with one attached hydrogen (secondary N) is 1. The van der Waals surface area contributed by atoms with Crippen molar-refractivity contribution in [1.82, 2.24) is 10.2 Å². The first-order valence-electron chi connectivity index (χ1n) is 18.1. The van der Waals surface area contributed by atoms with Crippen LogP contribution in [0.25, 0.3) is 5.82 Å². The third-order valence-electron chi connectivity index (χ3n) is 8.92. The minimum Gasteiger partial charge on any atom is -0.425 e. The molecule has 0 spiro atoms. The maximum atomic E-state index is 14.0. The van der Waals surface area contributed by atoms with Crippen LogP contribution in [0, 0.1) is 0 Å². The second kappa shape index (κ2) is 20.3. The monoisotopic (exact) mass is 666 g/mol. The van der Waals surface area contributed by atoms with E-state index in [0.717, 1.165) is 42.9 Å². The molecule has 2 aliphatic heterocycles. The van der Waals surface area contributed by atoms with Crippen LogP contribution in [0.15, 0.2) is 47.5 Å². The zero-order valence-electron chi connectivity index (χ0n) is 28.6. The Kier molecular flexibility index (Phi) is 15.9. The molecular weight excluding hydrogens is 612 g/mol. The van der Waals surface area contributed by atoms with Crippen molar-refractivity contribution in [3.8, 4) is 0 Å². The Morgan fingerprint density at radius 3 is 2.06 bits per heavy atom. The van der Waals surface area contributed by atoms with Gasteiger partial charge in [0.15, 0.2) is 0 Å². The normalized spacial score (nSPS) is 14.9. The molecule has 2 aromatic carbocycles. The molecule has 9 heteroatoms. The summed E-state index contributed by atoms with van der Waals surface area (Å²) in [5, 5.41) is 5.42. The smallest absolute Gasteiger partial charge is 0.423 e. The molecule has 2 heterocycles. The minimum atomic E-state index is -1.05. The molecule has 0 saturated carbocycles. The zero-order valence-corrected chi connectivity index (χ0v) is 29.4. The van der Waals surface area contributed by atoms with Crippen molar-refractivity contribution < 1.29 is 19.1 Å². The molecule has 2 aromatic rings. The van der Waals surface area contributed by atoms with E-state index in [1.54, 1.807) is 25.1 Å². The summed E-state index contributed by atoms with van der Waals surface area (Å²) in [7, 11) is 0. The summed E-state index contributed by atoms with van der Waals surface area (Å²) in [6.45, 7) is 6.81. The van der Waals surface area contributed by atoms with Gasteiger partial charge in [0.25, 0.3) is 0 Å². The molecule has 1 amide bonds. The molecule has 0 bridgehead atoms. The van der Waals surface area contributed by atoms with Crippen LogP contribution in [0.3, 0.4) is 0 Å². The van der Waals surface area contributed by atoms with Crippen molar-refractivity contribution in [2.75, 3.05) is 31.1 Å². The average molecular weight is 667 g/mol. The Balaban J connectivity index is 1.23. The quantitative estimate of drug-likeness (QED) is 0.0922. The number of halogens is 1. The van der Waals surface area contributed by atoms with E-state index in [1.165, 1.54) is 81.9 Å². The van der Waals surface area contributed by atoms with Gasteiger partial charge in [-0.05, 0) is 36.8 Å².